The zero-order valence-electron chi connectivity index (χ0n) is 19.4. The highest BCUT2D eigenvalue weighted by Gasteiger charge is 2.53. The summed E-state index contributed by atoms with van der Waals surface area (Å²) in [5.74, 6) is 0.535. The van der Waals surface area contributed by atoms with Gasteiger partial charge in [-0.1, -0.05) is 6.92 Å². The van der Waals surface area contributed by atoms with E-state index in [-0.39, 0.29) is 10.6 Å². The number of piperazine rings is 1. The molecule has 0 amide bonds. The predicted octanol–water partition coefficient (Wildman–Crippen LogP) is 2.82. The standard InChI is InChI=1S/C21H34BN3O5/c1-9-24-14(2)12-23(13-15(24)3)17-11-19(28-8)16(10-18(17)25(26)27)22-29-20(4,5)21(6,7)30-22/h10-11,14-15H,9,12-13H2,1-8H3/t14-,15+. The molecule has 0 N–H and O–H groups in total. The van der Waals surface area contributed by atoms with E-state index in [0.717, 1.165) is 19.6 Å². The normalized spacial score (nSPS) is 26.1. The lowest BCUT2D eigenvalue weighted by molar-refractivity contribution is -0.384. The number of rotatable bonds is 5. The predicted molar refractivity (Wildman–Crippen MR) is 119 cm³/mol. The van der Waals surface area contributed by atoms with E-state index >= 15 is 0 Å². The van der Waals surface area contributed by atoms with Crippen LogP contribution < -0.4 is 15.1 Å². The molecule has 0 bridgehead atoms. The molecule has 0 spiro atoms. The lowest BCUT2D eigenvalue weighted by atomic mass is 9.77. The molecule has 0 saturated carbocycles. The number of hydrogen-bond acceptors (Lipinski definition) is 7. The summed E-state index contributed by atoms with van der Waals surface area (Å²) in [5, 5.41) is 12.0. The van der Waals surface area contributed by atoms with Gasteiger partial charge in [0, 0.05) is 42.8 Å². The number of anilines is 1. The summed E-state index contributed by atoms with van der Waals surface area (Å²) >= 11 is 0. The van der Waals surface area contributed by atoms with Gasteiger partial charge in [0.15, 0.2) is 0 Å². The number of hydrogen-bond donors (Lipinski definition) is 0. The third-order valence-corrected chi connectivity index (χ3v) is 6.84. The molecule has 8 nitrogen and oxygen atoms in total. The third-order valence-electron chi connectivity index (χ3n) is 6.84. The maximum atomic E-state index is 12.0. The number of benzene rings is 1. The Morgan fingerprint density at radius 3 is 2.13 bits per heavy atom. The largest absolute Gasteiger partial charge is 0.498 e. The van der Waals surface area contributed by atoms with Crippen LogP contribution in [-0.4, -0.2) is 67.0 Å². The molecule has 30 heavy (non-hydrogen) atoms. The van der Waals surface area contributed by atoms with Crippen molar-refractivity contribution in [1.82, 2.24) is 4.90 Å². The Bertz CT molecular complexity index is 788. The highest BCUT2D eigenvalue weighted by molar-refractivity contribution is 6.63. The average molecular weight is 419 g/mol. The van der Waals surface area contributed by atoms with Crippen LogP contribution in [0.2, 0.25) is 0 Å². The van der Waals surface area contributed by atoms with Gasteiger partial charge in [-0.2, -0.15) is 0 Å². The minimum absolute atomic E-state index is 0.0462. The molecule has 2 heterocycles. The van der Waals surface area contributed by atoms with E-state index in [4.69, 9.17) is 14.0 Å². The Hall–Kier alpha value is -1.84. The topological polar surface area (TPSA) is 77.3 Å². The molecule has 1 aromatic carbocycles. The number of methoxy groups -OCH3 is 1. The summed E-state index contributed by atoms with van der Waals surface area (Å²) in [6.07, 6.45) is 0. The summed E-state index contributed by atoms with van der Waals surface area (Å²) < 4.78 is 17.9. The first-order valence-electron chi connectivity index (χ1n) is 10.6. The van der Waals surface area contributed by atoms with E-state index < -0.39 is 18.3 Å². The van der Waals surface area contributed by atoms with Gasteiger partial charge < -0.3 is 18.9 Å². The van der Waals surface area contributed by atoms with Crippen molar-refractivity contribution < 1.29 is 19.0 Å². The van der Waals surface area contributed by atoms with Gasteiger partial charge in [-0.3, -0.25) is 15.0 Å². The molecule has 2 fully saturated rings. The number of nitro benzene ring substituents is 1. The molecule has 0 radical (unpaired) electrons. The molecule has 2 atom stereocenters. The summed E-state index contributed by atoms with van der Waals surface area (Å²) in [6.45, 7) is 16.7. The van der Waals surface area contributed by atoms with Crippen LogP contribution in [0, 0.1) is 10.1 Å². The van der Waals surface area contributed by atoms with Crippen LogP contribution in [-0.2, 0) is 9.31 Å². The van der Waals surface area contributed by atoms with Crippen LogP contribution in [0.15, 0.2) is 12.1 Å². The zero-order valence-corrected chi connectivity index (χ0v) is 19.4. The fourth-order valence-electron chi connectivity index (χ4n) is 4.48. The lowest BCUT2D eigenvalue weighted by Crippen LogP contribution is -2.56. The molecular formula is C21H34BN3O5. The molecule has 0 aromatic heterocycles. The first kappa shape index (κ1) is 22.8. The minimum atomic E-state index is -0.729. The van der Waals surface area contributed by atoms with Crippen LogP contribution in [0.3, 0.4) is 0 Å². The van der Waals surface area contributed by atoms with Crippen molar-refractivity contribution >= 4 is 24.0 Å². The fourth-order valence-corrected chi connectivity index (χ4v) is 4.48. The van der Waals surface area contributed by atoms with Crippen molar-refractivity contribution in [2.75, 3.05) is 31.6 Å². The molecule has 166 valence electrons. The monoisotopic (exact) mass is 419 g/mol. The SMILES string of the molecule is CCN1[C@H](C)CN(c2cc(OC)c(B3OC(C)(C)C(C)(C)O3)cc2[N+](=O)[O-])C[C@@H]1C. The van der Waals surface area contributed by atoms with Gasteiger partial charge in [0.05, 0.1) is 23.2 Å². The number of nitro groups is 1. The molecule has 2 saturated heterocycles. The fraction of sp³-hybridized carbons (Fsp3) is 0.714. The summed E-state index contributed by atoms with van der Waals surface area (Å²) in [4.78, 5) is 16.2. The average Bonchev–Trinajstić information content (AvgIpc) is 2.87. The van der Waals surface area contributed by atoms with Crippen LogP contribution in [0.5, 0.6) is 5.75 Å². The van der Waals surface area contributed by atoms with Crippen molar-refractivity contribution in [2.45, 2.75) is 71.8 Å². The van der Waals surface area contributed by atoms with Gasteiger partial charge in [0.2, 0.25) is 0 Å². The smallest absolute Gasteiger partial charge is 0.497 e. The molecule has 2 aliphatic heterocycles. The van der Waals surface area contributed by atoms with Gasteiger partial charge >= 0.3 is 7.12 Å². The molecular weight excluding hydrogens is 385 g/mol. The molecule has 1 aromatic rings. The van der Waals surface area contributed by atoms with Gasteiger partial charge in [0.1, 0.15) is 11.4 Å². The molecule has 0 aliphatic carbocycles. The van der Waals surface area contributed by atoms with Gasteiger partial charge in [-0.15, -0.1) is 0 Å². The van der Waals surface area contributed by atoms with Crippen LogP contribution >= 0.6 is 0 Å². The van der Waals surface area contributed by atoms with E-state index in [9.17, 15) is 10.1 Å². The highest BCUT2D eigenvalue weighted by Crippen LogP contribution is 2.39. The Labute approximate surface area is 179 Å². The van der Waals surface area contributed by atoms with Gasteiger partial charge in [-0.25, -0.2) is 0 Å². The zero-order chi connectivity index (χ0) is 22.4. The second-order valence-corrected chi connectivity index (χ2v) is 9.36. The first-order chi connectivity index (χ1) is 13.9. The Kier molecular flexibility index (Phi) is 6.10. The second kappa shape index (κ2) is 8.02. The van der Waals surface area contributed by atoms with Crippen LogP contribution in [0.4, 0.5) is 11.4 Å². The molecule has 0 unspecified atom stereocenters. The summed E-state index contributed by atoms with van der Waals surface area (Å²) in [5.41, 5.74) is 0.0749. The molecule has 9 heteroatoms. The first-order valence-corrected chi connectivity index (χ1v) is 10.6. The minimum Gasteiger partial charge on any atom is -0.497 e. The van der Waals surface area contributed by atoms with E-state index in [1.165, 1.54) is 0 Å². The maximum absolute atomic E-state index is 12.0. The maximum Gasteiger partial charge on any atom is 0.498 e. The van der Waals surface area contributed by atoms with E-state index in [2.05, 4.69) is 30.6 Å². The summed E-state index contributed by atoms with van der Waals surface area (Å²) in [6, 6.07) is 3.91. The Morgan fingerprint density at radius 1 is 1.17 bits per heavy atom. The van der Waals surface area contributed by atoms with Crippen molar-refractivity contribution in [2.24, 2.45) is 0 Å². The Balaban J connectivity index is 2.02. The quantitative estimate of drug-likeness (QED) is 0.413. The number of ether oxygens (including phenoxy) is 1. The lowest BCUT2D eigenvalue weighted by Gasteiger charge is -2.44. The second-order valence-electron chi connectivity index (χ2n) is 9.36. The Morgan fingerprint density at radius 2 is 1.70 bits per heavy atom. The van der Waals surface area contributed by atoms with E-state index in [1.807, 2.05) is 27.7 Å². The van der Waals surface area contributed by atoms with Crippen molar-refractivity contribution in [1.29, 1.82) is 0 Å². The van der Waals surface area contributed by atoms with Crippen LogP contribution in [0.1, 0.15) is 48.5 Å². The highest BCUT2D eigenvalue weighted by atomic mass is 16.7. The van der Waals surface area contributed by atoms with E-state index in [0.29, 0.717) is 29.0 Å². The number of nitrogens with zero attached hydrogens (tertiary/aromatic N) is 3. The van der Waals surface area contributed by atoms with Crippen molar-refractivity contribution in [3.63, 3.8) is 0 Å². The van der Waals surface area contributed by atoms with Crippen LogP contribution in [0.25, 0.3) is 0 Å². The third kappa shape index (κ3) is 3.90. The van der Waals surface area contributed by atoms with Crippen molar-refractivity contribution in [3.05, 3.63) is 22.2 Å². The van der Waals surface area contributed by atoms with E-state index in [1.54, 1.807) is 19.2 Å². The number of likely N-dealkylation sites (N-methyl/N-ethyl adjacent to an activating group) is 1. The van der Waals surface area contributed by atoms with Crippen molar-refractivity contribution in [3.8, 4) is 5.75 Å². The van der Waals surface area contributed by atoms with Gasteiger partial charge in [-0.05, 0) is 48.1 Å². The molecule has 2 aliphatic rings. The van der Waals surface area contributed by atoms with Gasteiger partial charge in [0.25, 0.3) is 5.69 Å². The summed E-state index contributed by atoms with van der Waals surface area (Å²) in [7, 11) is 0.840. The molecule has 3 rings (SSSR count).